The maximum atomic E-state index is 9.45. The van der Waals surface area contributed by atoms with Crippen molar-refractivity contribution in [3.63, 3.8) is 0 Å². The predicted octanol–water partition coefficient (Wildman–Crippen LogP) is 2.96. The predicted molar refractivity (Wildman–Crippen MR) is 63.7 cm³/mol. The Hall–Kier alpha value is -0.540. The van der Waals surface area contributed by atoms with E-state index >= 15 is 0 Å². The number of benzene rings is 1. The Labute approximate surface area is 93.7 Å². The van der Waals surface area contributed by atoms with Gasteiger partial charge in [0.05, 0.1) is 6.10 Å². The summed E-state index contributed by atoms with van der Waals surface area (Å²) in [4.78, 5) is 2.15. The van der Waals surface area contributed by atoms with Crippen LogP contribution in [0, 0.1) is 0 Å². The van der Waals surface area contributed by atoms with Crippen molar-refractivity contribution in [2.45, 2.75) is 20.0 Å². The molecule has 1 rings (SSSR count). The molecule has 0 saturated carbocycles. The van der Waals surface area contributed by atoms with E-state index in [1.54, 1.807) is 6.92 Å². The molecule has 2 nitrogen and oxygen atoms in total. The highest BCUT2D eigenvalue weighted by Gasteiger charge is 2.07. The summed E-state index contributed by atoms with van der Waals surface area (Å²) in [5, 5.41) is 9.45. The smallest absolute Gasteiger partial charge is 0.0772 e. The van der Waals surface area contributed by atoms with Crippen LogP contribution in [0.15, 0.2) is 22.7 Å². The fourth-order valence-corrected chi connectivity index (χ4v) is 1.97. The van der Waals surface area contributed by atoms with Crippen molar-refractivity contribution in [3.8, 4) is 0 Å². The van der Waals surface area contributed by atoms with Crippen LogP contribution in [0.5, 0.6) is 0 Å². The Kier molecular flexibility index (Phi) is 3.96. The standard InChI is InChI=1S/C11H16BrNO/c1-4-13(3)9-5-6-10(8(2)14)11(12)7-9/h5-8,14H,4H2,1-3H3. The summed E-state index contributed by atoms with van der Waals surface area (Å²) in [7, 11) is 2.05. The SMILES string of the molecule is CCN(C)c1ccc(C(C)O)c(Br)c1. The van der Waals surface area contributed by atoms with Gasteiger partial charge in [-0.2, -0.15) is 0 Å². The zero-order chi connectivity index (χ0) is 10.7. The monoisotopic (exact) mass is 257 g/mol. The summed E-state index contributed by atoms with van der Waals surface area (Å²) in [6.45, 7) is 4.85. The van der Waals surface area contributed by atoms with Crippen LogP contribution >= 0.6 is 15.9 Å². The number of hydrogen-bond acceptors (Lipinski definition) is 2. The molecule has 1 atom stereocenters. The van der Waals surface area contributed by atoms with E-state index in [-0.39, 0.29) is 0 Å². The molecular formula is C11H16BrNO. The Morgan fingerprint density at radius 2 is 2.14 bits per heavy atom. The van der Waals surface area contributed by atoms with E-state index in [1.807, 2.05) is 25.2 Å². The number of halogens is 1. The molecule has 0 amide bonds. The van der Waals surface area contributed by atoms with Crippen LogP contribution < -0.4 is 4.90 Å². The van der Waals surface area contributed by atoms with Crippen LogP contribution in [0.2, 0.25) is 0 Å². The first kappa shape index (κ1) is 11.5. The summed E-state index contributed by atoms with van der Waals surface area (Å²) >= 11 is 3.46. The molecule has 0 fully saturated rings. The van der Waals surface area contributed by atoms with E-state index in [0.29, 0.717) is 0 Å². The molecule has 1 aromatic rings. The van der Waals surface area contributed by atoms with Crippen molar-refractivity contribution in [1.82, 2.24) is 0 Å². The number of aliphatic hydroxyl groups is 1. The van der Waals surface area contributed by atoms with Crippen molar-refractivity contribution < 1.29 is 5.11 Å². The fraction of sp³-hybridized carbons (Fsp3) is 0.455. The van der Waals surface area contributed by atoms with Gasteiger partial charge in [-0.15, -0.1) is 0 Å². The minimum absolute atomic E-state index is 0.426. The number of aliphatic hydroxyl groups excluding tert-OH is 1. The van der Waals surface area contributed by atoms with Crippen molar-refractivity contribution in [2.24, 2.45) is 0 Å². The molecule has 78 valence electrons. The van der Waals surface area contributed by atoms with Crippen molar-refractivity contribution >= 4 is 21.6 Å². The average Bonchev–Trinajstić information content (AvgIpc) is 2.15. The van der Waals surface area contributed by atoms with E-state index in [4.69, 9.17) is 0 Å². The van der Waals surface area contributed by atoms with Gasteiger partial charge in [0.2, 0.25) is 0 Å². The normalized spacial score (nSPS) is 12.6. The second kappa shape index (κ2) is 4.80. The quantitative estimate of drug-likeness (QED) is 0.901. The fourth-order valence-electron chi connectivity index (χ4n) is 1.27. The highest BCUT2D eigenvalue weighted by Crippen LogP contribution is 2.27. The van der Waals surface area contributed by atoms with E-state index < -0.39 is 6.10 Å². The maximum absolute atomic E-state index is 9.45. The molecule has 0 aliphatic carbocycles. The third kappa shape index (κ3) is 2.49. The highest BCUT2D eigenvalue weighted by atomic mass is 79.9. The molecule has 0 bridgehead atoms. The lowest BCUT2D eigenvalue weighted by Crippen LogP contribution is -2.15. The molecule has 0 heterocycles. The third-order valence-corrected chi connectivity index (χ3v) is 3.04. The van der Waals surface area contributed by atoms with Gasteiger partial charge in [-0.3, -0.25) is 0 Å². The molecule has 0 aliphatic heterocycles. The number of nitrogens with zero attached hydrogens (tertiary/aromatic N) is 1. The van der Waals surface area contributed by atoms with Crippen molar-refractivity contribution in [3.05, 3.63) is 28.2 Å². The first-order chi connectivity index (χ1) is 6.56. The number of rotatable bonds is 3. The number of anilines is 1. The zero-order valence-corrected chi connectivity index (χ0v) is 10.4. The summed E-state index contributed by atoms with van der Waals surface area (Å²) in [5.74, 6) is 0. The minimum atomic E-state index is -0.426. The summed E-state index contributed by atoms with van der Waals surface area (Å²) in [6, 6.07) is 6.01. The summed E-state index contributed by atoms with van der Waals surface area (Å²) < 4.78 is 0.963. The van der Waals surface area contributed by atoms with Crippen molar-refractivity contribution in [2.75, 3.05) is 18.5 Å². The van der Waals surface area contributed by atoms with Crippen LogP contribution in [-0.2, 0) is 0 Å². The minimum Gasteiger partial charge on any atom is -0.389 e. The molecule has 0 radical (unpaired) electrons. The Balaban J connectivity index is 3.00. The molecule has 0 saturated heterocycles. The molecule has 1 aromatic carbocycles. The van der Waals surface area contributed by atoms with E-state index in [9.17, 15) is 5.11 Å². The molecule has 0 spiro atoms. The lowest BCUT2D eigenvalue weighted by Gasteiger charge is -2.18. The summed E-state index contributed by atoms with van der Waals surface area (Å²) in [5.41, 5.74) is 2.09. The second-order valence-electron chi connectivity index (χ2n) is 3.40. The topological polar surface area (TPSA) is 23.5 Å². The third-order valence-electron chi connectivity index (χ3n) is 2.35. The molecule has 0 aromatic heterocycles. The molecule has 3 heteroatoms. The highest BCUT2D eigenvalue weighted by molar-refractivity contribution is 9.10. The Morgan fingerprint density at radius 1 is 1.50 bits per heavy atom. The zero-order valence-electron chi connectivity index (χ0n) is 8.79. The van der Waals surface area contributed by atoms with Crippen LogP contribution in [-0.4, -0.2) is 18.7 Å². The Bertz CT molecular complexity index is 312. The molecule has 14 heavy (non-hydrogen) atoms. The molecular weight excluding hydrogens is 242 g/mol. The molecule has 0 aliphatic rings. The van der Waals surface area contributed by atoms with Gasteiger partial charge < -0.3 is 10.0 Å². The summed E-state index contributed by atoms with van der Waals surface area (Å²) in [6.07, 6.45) is -0.426. The van der Waals surface area contributed by atoms with Gasteiger partial charge in [0.15, 0.2) is 0 Å². The van der Waals surface area contributed by atoms with E-state index in [2.05, 4.69) is 27.8 Å². The van der Waals surface area contributed by atoms with Crippen molar-refractivity contribution in [1.29, 1.82) is 0 Å². The molecule has 1 unspecified atom stereocenters. The van der Waals surface area contributed by atoms with Gasteiger partial charge in [0, 0.05) is 23.8 Å². The lowest BCUT2D eigenvalue weighted by molar-refractivity contribution is 0.198. The number of hydrogen-bond donors (Lipinski definition) is 1. The van der Waals surface area contributed by atoms with E-state index in [0.717, 1.165) is 22.3 Å². The maximum Gasteiger partial charge on any atom is 0.0772 e. The van der Waals surface area contributed by atoms with Gasteiger partial charge in [0.25, 0.3) is 0 Å². The van der Waals surface area contributed by atoms with Gasteiger partial charge in [0.1, 0.15) is 0 Å². The first-order valence-electron chi connectivity index (χ1n) is 4.75. The van der Waals surface area contributed by atoms with Crippen LogP contribution in [0.3, 0.4) is 0 Å². The second-order valence-corrected chi connectivity index (χ2v) is 4.25. The van der Waals surface area contributed by atoms with Gasteiger partial charge >= 0.3 is 0 Å². The molecule has 1 N–H and O–H groups in total. The van der Waals surface area contributed by atoms with Gasteiger partial charge in [-0.25, -0.2) is 0 Å². The van der Waals surface area contributed by atoms with Crippen LogP contribution in [0.4, 0.5) is 5.69 Å². The largest absolute Gasteiger partial charge is 0.389 e. The van der Waals surface area contributed by atoms with Crippen LogP contribution in [0.25, 0.3) is 0 Å². The van der Waals surface area contributed by atoms with Gasteiger partial charge in [-0.1, -0.05) is 22.0 Å². The van der Waals surface area contributed by atoms with E-state index in [1.165, 1.54) is 0 Å². The van der Waals surface area contributed by atoms with Gasteiger partial charge in [-0.05, 0) is 31.5 Å². The first-order valence-corrected chi connectivity index (χ1v) is 5.54. The lowest BCUT2D eigenvalue weighted by atomic mass is 10.1. The average molecular weight is 258 g/mol. The Morgan fingerprint density at radius 3 is 2.57 bits per heavy atom. The van der Waals surface area contributed by atoms with Crippen LogP contribution in [0.1, 0.15) is 25.5 Å².